The maximum atomic E-state index is 13.3. The molecular formula is C17H21FN2O. The average molecular weight is 288 g/mol. The number of nitrogens with one attached hydrogen (secondary N) is 1. The lowest BCUT2D eigenvalue weighted by molar-refractivity contribution is 0.316. The molecule has 0 radical (unpaired) electrons. The summed E-state index contributed by atoms with van der Waals surface area (Å²) in [4.78, 5) is 0. The Kier molecular flexibility index (Phi) is 5.72. The van der Waals surface area contributed by atoms with Gasteiger partial charge in [0, 0.05) is 0 Å². The molecule has 0 aliphatic heterocycles. The summed E-state index contributed by atoms with van der Waals surface area (Å²) in [5, 5.41) is 0. The summed E-state index contributed by atoms with van der Waals surface area (Å²) in [7, 11) is 0. The summed E-state index contributed by atoms with van der Waals surface area (Å²) in [6, 6.07) is 14.3. The van der Waals surface area contributed by atoms with E-state index in [1.165, 1.54) is 12.1 Å². The highest BCUT2D eigenvalue weighted by molar-refractivity contribution is 5.32. The molecule has 0 fully saturated rings. The van der Waals surface area contributed by atoms with Crippen molar-refractivity contribution in [2.75, 3.05) is 6.61 Å². The van der Waals surface area contributed by atoms with Crippen LogP contribution < -0.4 is 16.0 Å². The number of rotatable bonds is 7. The highest BCUT2D eigenvalue weighted by atomic mass is 19.1. The van der Waals surface area contributed by atoms with Crippen molar-refractivity contribution in [3.05, 3.63) is 65.5 Å². The second-order valence-electron chi connectivity index (χ2n) is 4.97. The molecule has 4 heteroatoms. The fourth-order valence-electron chi connectivity index (χ4n) is 2.21. The van der Waals surface area contributed by atoms with Crippen molar-refractivity contribution in [2.45, 2.75) is 25.8 Å². The van der Waals surface area contributed by atoms with Gasteiger partial charge in [-0.05, 0) is 48.2 Å². The van der Waals surface area contributed by atoms with Crippen molar-refractivity contribution in [3.8, 4) is 5.75 Å². The average Bonchev–Trinajstić information content (AvgIpc) is 2.51. The van der Waals surface area contributed by atoms with Crippen molar-refractivity contribution < 1.29 is 9.13 Å². The summed E-state index contributed by atoms with van der Waals surface area (Å²) in [6.07, 6.45) is 1.58. The zero-order valence-electron chi connectivity index (χ0n) is 12.2. The molecule has 112 valence electrons. The van der Waals surface area contributed by atoms with Crippen LogP contribution in [0.15, 0.2) is 48.5 Å². The molecule has 3 nitrogen and oxygen atoms in total. The zero-order chi connectivity index (χ0) is 15.1. The van der Waals surface area contributed by atoms with Crippen LogP contribution in [-0.4, -0.2) is 6.61 Å². The Morgan fingerprint density at radius 2 is 2.00 bits per heavy atom. The van der Waals surface area contributed by atoms with Crippen LogP contribution in [0.4, 0.5) is 4.39 Å². The number of hydrogen-bond acceptors (Lipinski definition) is 3. The Bertz CT molecular complexity index is 574. The summed E-state index contributed by atoms with van der Waals surface area (Å²) in [5.41, 5.74) is 4.72. The topological polar surface area (TPSA) is 47.3 Å². The highest BCUT2D eigenvalue weighted by Gasteiger charge is 2.12. The first-order valence-electron chi connectivity index (χ1n) is 7.16. The van der Waals surface area contributed by atoms with Crippen molar-refractivity contribution in [1.29, 1.82) is 0 Å². The Morgan fingerprint density at radius 3 is 2.71 bits per heavy atom. The van der Waals surface area contributed by atoms with E-state index in [9.17, 15) is 4.39 Å². The molecule has 0 saturated carbocycles. The van der Waals surface area contributed by atoms with Gasteiger partial charge in [-0.3, -0.25) is 11.3 Å². The second-order valence-corrected chi connectivity index (χ2v) is 4.97. The van der Waals surface area contributed by atoms with Gasteiger partial charge >= 0.3 is 0 Å². The van der Waals surface area contributed by atoms with E-state index in [1.54, 1.807) is 6.07 Å². The van der Waals surface area contributed by atoms with Crippen LogP contribution in [0.2, 0.25) is 0 Å². The Labute approximate surface area is 124 Å². The number of hydrazine groups is 1. The molecule has 3 N–H and O–H groups in total. The van der Waals surface area contributed by atoms with E-state index in [4.69, 9.17) is 10.6 Å². The molecule has 0 saturated heterocycles. The lowest BCUT2D eigenvalue weighted by atomic mass is 9.99. The first kappa shape index (κ1) is 15.5. The van der Waals surface area contributed by atoms with Gasteiger partial charge in [0.25, 0.3) is 0 Å². The van der Waals surface area contributed by atoms with E-state index in [2.05, 4.69) is 12.3 Å². The molecule has 1 unspecified atom stereocenters. The summed E-state index contributed by atoms with van der Waals surface area (Å²) in [6.45, 7) is 2.76. The molecular weight excluding hydrogens is 267 g/mol. The third-order valence-electron chi connectivity index (χ3n) is 3.26. The maximum Gasteiger partial charge on any atom is 0.123 e. The molecule has 0 aliphatic rings. The monoisotopic (exact) mass is 288 g/mol. The SMILES string of the molecule is CCCOc1cccc(C(Cc2cccc(F)c2)NN)c1. The molecule has 2 aromatic carbocycles. The Morgan fingerprint density at radius 1 is 1.19 bits per heavy atom. The smallest absolute Gasteiger partial charge is 0.123 e. The first-order valence-corrected chi connectivity index (χ1v) is 7.16. The minimum atomic E-state index is -0.233. The lowest BCUT2D eigenvalue weighted by Gasteiger charge is -2.17. The van der Waals surface area contributed by atoms with Crippen LogP contribution in [0.25, 0.3) is 0 Å². The van der Waals surface area contributed by atoms with E-state index < -0.39 is 0 Å². The van der Waals surface area contributed by atoms with E-state index in [1.807, 2.05) is 30.3 Å². The highest BCUT2D eigenvalue weighted by Crippen LogP contribution is 2.22. The van der Waals surface area contributed by atoms with E-state index in [-0.39, 0.29) is 11.9 Å². The second kappa shape index (κ2) is 7.76. The fourth-order valence-corrected chi connectivity index (χ4v) is 2.21. The molecule has 0 aliphatic carbocycles. The van der Waals surface area contributed by atoms with Crippen molar-refractivity contribution in [1.82, 2.24) is 5.43 Å². The Hall–Kier alpha value is -1.91. The van der Waals surface area contributed by atoms with Gasteiger partial charge in [0.2, 0.25) is 0 Å². The molecule has 0 aromatic heterocycles. The molecule has 0 heterocycles. The minimum Gasteiger partial charge on any atom is -0.494 e. The van der Waals surface area contributed by atoms with Gasteiger partial charge < -0.3 is 4.74 Å². The molecule has 21 heavy (non-hydrogen) atoms. The van der Waals surface area contributed by atoms with Crippen LogP contribution in [0, 0.1) is 5.82 Å². The number of halogens is 1. The van der Waals surface area contributed by atoms with Gasteiger partial charge in [0.1, 0.15) is 11.6 Å². The van der Waals surface area contributed by atoms with Crippen LogP contribution in [0.3, 0.4) is 0 Å². The van der Waals surface area contributed by atoms with Crippen LogP contribution >= 0.6 is 0 Å². The normalized spacial score (nSPS) is 12.1. The van der Waals surface area contributed by atoms with E-state index in [0.29, 0.717) is 13.0 Å². The third-order valence-corrected chi connectivity index (χ3v) is 3.26. The van der Waals surface area contributed by atoms with Crippen LogP contribution in [-0.2, 0) is 6.42 Å². The first-order chi connectivity index (χ1) is 10.2. The largest absolute Gasteiger partial charge is 0.494 e. The summed E-state index contributed by atoms with van der Waals surface area (Å²) >= 11 is 0. The van der Waals surface area contributed by atoms with Gasteiger partial charge in [-0.2, -0.15) is 0 Å². The minimum absolute atomic E-state index is 0.0861. The third kappa shape index (κ3) is 4.55. The van der Waals surface area contributed by atoms with Gasteiger partial charge in [0.15, 0.2) is 0 Å². The summed E-state index contributed by atoms with van der Waals surface area (Å²) in [5.74, 6) is 6.25. The molecule has 1 atom stereocenters. The predicted molar refractivity (Wildman–Crippen MR) is 82.4 cm³/mol. The standard InChI is InChI=1S/C17H21FN2O/c1-2-9-21-16-8-4-6-14(12-16)17(20-19)11-13-5-3-7-15(18)10-13/h3-8,10,12,17,20H,2,9,11,19H2,1H3. The number of benzene rings is 2. The quantitative estimate of drug-likeness (QED) is 0.606. The Balaban J connectivity index is 2.13. The molecule has 2 rings (SSSR count). The van der Waals surface area contributed by atoms with Gasteiger partial charge in [-0.15, -0.1) is 0 Å². The van der Waals surface area contributed by atoms with Crippen molar-refractivity contribution in [2.24, 2.45) is 5.84 Å². The van der Waals surface area contributed by atoms with E-state index >= 15 is 0 Å². The molecule has 0 spiro atoms. The van der Waals surface area contributed by atoms with Gasteiger partial charge in [0.05, 0.1) is 12.6 Å². The molecule has 0 amide bonds. The number of ether oxygens (including phenoxy) is 1. The molecule has 0 bridgehead atoms. The number of hydrogen-bond donors (Lipinski definition) is 2. The lowest BCUT2D eigenvalue weighted by Crippen LogP contribution is -2.29. The van der Waals surface area contributed by atoms with Crippen LogP contribution in [0.5, 0.6) is 5.75 Å². The van der Waals surface area contributed by atoms with Crippen LogP contribution in [0.1, 0.15) is 30.5 Å². The van der Waals surface area contributed by atoms with Crippen molar-refractivity contribution >= 4 is 0 Å². The zero-order valence-corrected chi connectivity index (χ0v) is 12.2. The fraction of sp³-hybridized carbons (Fsp3) is 0.294. The molecule has 2 aromatic rings. The number of nitrogens with two attached hydrogens (primary N) is 1. The van der Waals surface area contributed by atoms with Crippen molar-refractivity contribution in [3.63, 3.8) is 0 Å². The maximum absolute atomic E-state index is 13.3. The van der Waals surface area contributed by atoms with Gasteiger partial charge in [-0.25, -0.2) is 4.39 Å². The predicted octanol–water partition coefficient (Wildman–Crippen LogP) is 3.36. The van der Waals surface area contributed by atoms with Gasteiger partial charge in [-0.1, -0.05) is 31.2 Å². The summed E-state index contributed by atoms with van der Waals surface area (Å²) < 4.78 is 18.9. The van der Waals surface area contributed by atoms with E-state index in [0.717, 1.165) is 23.3 Å².